The third-order valence-corrected chi connectivity index (χ3v) is 1.44. The van der Waals surface area contributed by atoms with Crippen LogP contribution in [-0.4, -0.2) is 17.5 Å². The molecule has 0 atom stereocenters. The van der Waals surface area contributed by atoms with Crippen molar-refractivity contribution in [1.82, 2.24) is 5.43 Å². The van der Waals surface area contributed by atoms with Crippen molar-refractivity contribution in [2.24, 2.45) is 5.10 Å². The molecule has 0 fully saturated rings. The molecule has 14 heavy (non-hydrogen) atoms. The molecular weight excluding hydrogens is 186 g/mol. The molecule has 0 heterocycles. The molecule has 0 spiro atoms. The van der Waals surface area contributed by atoms with Gasteiger partial charge in [0.05, 0.1) is 11.1 Å². The summed E-state index contributed by atoms with van der Waals surface area (Å²) in [5.74, 6) is 0. The second kappa shape index (κ2) is 4.70. The van der Waals surface area contributed by atoms with Gasteiger partial charge in [-0.3, -0.25) is 14.9 Å². The van der Waals surface area contributed by atoms with Crippen LogP contribution < -0.4 is 5.43 Å². The summed E-state index contributed by atoms with van der Waals surface area (Å²) in [7, 11) is 0. The van der Waals surface area contributed by atoms with E-state index in [1.807, 2.05) is 0 Å². The van der Waals surface area contributed by atoms with Crippen molar-refractivity contribution in [1.29, 1.82) is 0 Å². The number of nitrogens with one attached hydrogen (secondary N) is 1. The first-order valence-electron chi connectivity index (χ1n) is 3.70. The summed E-state index contributed by atoms with van der Waals surface area (Å²) in [5.41, 5.74) is 2.78. The van der Waals surface area contributed by atoms with Gasteiger partial charge in [0.25, 0.3) is 5.69 Å². The average Bonchev–Trinajstić information content (AvgIpc) is 2.19. The minimum Gasteiger partial charge on any atom is -0.277 e. The van der Waals surface area contributed by atoms with E-state index in [0.717, 1.165) is 0 Å². The first-order chi connectivity index (χ1) is 6.74. The molecule has 0 saturated heterocycles. The molecule has 0 bridgehead atoms. The van der Waals surface area contributed by atoms with Crippen LogP contribution in [0.25, 0.3) is 0 Å². The summed E-state index contributed by atoms with van der Waals surface area (Å²) in [5, 5.41) is 13.8. The van der Waals surface area contributed by atoms with E-state index < -0.39 is 4.92 Å². The van der Waals surface area contributed by atoms with E-state index in [4.69, 9.17) is 0 Å². The summed E-state index contributed by atoms with van der Waals surface area (Å²) >= 11 is 0. The number of nitrogens with zero attached hydrogens (tertiary/aromatic N) is 2. The van der Waals surface area contributed by atoms with Crippen molar-refractivity contribution in [2.75, 3.05) is 0 Å². The summed E-state index contributed by atoms with van der Waals surface area (Å²) < 4.78 is 0. The molecule has 6 nitrogen and oxygen atoms in total. The number of non-ortho nitro benzene ring substituents is 1. The van der Waals surface area contributed by atoms with Crippen LogP contribution in [0.3, 0.4) is 0 Å². The summed E-state index contributed by atoms with van der Waals surface area (Å²) in [6.45, 7) is 0. The molecule has 0 unspecified atom stereocenters. The molecule has 0 aromatic heterocycles. The number of nitro benzene ring substituents is 1. The lowest BCUT2D eigenvalue weighted by Crippen LogP contribution is -2.00. The van der Waals surface area contributed by atoms with Crippen LogP contribution in [0.5, 0.6) is 0 Å². The Labute approximate surface area is 79.4 Å². The van der Waals surface area contributed by atoms with Gasteiger partial charge in [0, 0.05) is 12.1 Å². The SMILES string of the molecule is O=CN/N=C\c1ccc([N+](=O)[O-])cc1. The normalized spacial score (nSPS) is 10.0. The van der Waals surface area contributed by atoms with Crippen LogP contribution in [0.1, 0.15) is 5.56 Å². The summed E-state index contributed by atoms with van der Waals surface area (Å²) in [6.07, 6.45) is 1.82. The fraction of sp³-hybridized carbons (Fsp3) is 0. The Hall–Kier alpha value is -2.24. The topological polar surface area (TPSA) is 84.6 Å². The van der Waals surface area contributed by atoms with Crippen LogP contribution in [0, 0.1) is 10.1 Å². The molecule has 0 aliphatic heterocycles. The fourth-order valence-electron chi connectivity index (χ4n) is 0.824. The van der Waals surface area contributed by atoms with Gasteiger partial charge in [0.2, 0.25) is 6.41 Å². The molecule has 1 aromatic rings. The fourth-order valence-corrected chi connectivity index (χ4v) is 0.824. The third-order valence-electron chi connectivity index (χ3n) is 1.44. The average molecular weight is 193 g/mol. The monoisotopic (exact) mass is 193 g/mol. The van der Waals surface area contributed by atoms with Crippen LogP contribution in [-0.2, 0) is 4.79 Å². The zero-order valence-corrected chi connectivity index (χ0v) is 7.08. The number of nitro groups is 1. The highest BCUT2D eigenvalue weighted by Crippen LogP contribution is 2.10. The lowest BCUT2D eigenvalue weighted by Gasteiger charge is -1.92. The second-order valence-corrected chi connectivity index (χ2v) is 2.35. The Kier molecular flexibility index (Phi) is 3.31. The smallest absolute Gasteiger partial charge is 0.269 e. The Morgan fingerprint density at radius 2 is 2.00 bits per heavy atom. The molecule has 0 aliphatic rings. The zero-order chi connectivity index (χ0) is 10.4. The second-order valence-electron chi connectivity index (χ2n) is 2.35. The van der Waals surface area contributed by atoms with E-state index in [0.29, 0.717) is 12.0 Å². The summed E-state index contributed by atoms with van der Waals surface area (Å²) in [6, 6.07) is 5.80. The number of hydrogen-bond donors (Lipinski definition) is 1. The molecular formula is C8H7N3O3. The number of carbonyl (C=O) groups excluding carboxylic acids is 1. The van der Waals surface area contributed by atoms with E-state index in [1.165, 1.54) is 30.5 Å². The predicted molar refractivity (Wildman–Crippen MR) is 49.9 cm³/mol. The van der Waals surface area contributed by atoms with Gasteiger partial charge in [-0.25, -0.2) is 5.43 Å². The molecule has 1 N–H and O–H groups in total. The lowest BCUT2D eigenvalue weighted by atomic mass is 10.2. The van der Waals surface area contributed by atoms with Crippen molar-refractivity contribution in [3.05, 3.63) is 39.9 Å². The standard InChI is InChI=1S/C8H7N3O3/c12-6-10-9-5-7-1-3-8(4-2-7)11(13)14/h1-6H,(H,10,12)/b9-5-. The van der Waals surface area contributed by atoms with Crippen molar-refractivity contribution in [2.45, 2.75) is 0 Å². The van der Waals surface area contributed by atoms with Gasteiger partial charge in [-0.1, -0.05) is 0 Å². The van der Waals surface area contributed by atoms with E-state index in [9.17, 15) is 14.9 Å². The van der Waals surface area contributed by atoms with Gasteiger partial charge in [0.1, 0.15) is 0 Å². The maximum Gasteiger partial charge on any atom is 0.269 e. The van der Waals surface area contributed by atoms with Gasteiger partial charge < -0.3 is 0 Å². The lowest BCUT2D eigenvalue weighted by molar-refractivity contribution is -0.384. The van der Waals surface area contributed by atoms with E-state index in [1.54, 1.807) is 0 Å². The number of hydrazone groups is 1. The minimum atomic E-state index is -0.482. The van der Waals surface area contributed by atoms with Crippen LogP contribution in [0.4, 0.5) is 5.69 Å². The molecule has 0 saturated carbocycles. The molecule has 1 aromatic carbocycles. The quantitative estimate of drug-likeness (QED) is 0.330. The maximum atomic E-state index is 10.3. The third kappa shape index (κ3) is 2.67. The van der Waals surface area contributed by atoms with Gasteiger partial charge in [-0.2, -0.15) is 5.10 Å². The largest absolute Gasteiger partial charge is 0.277 e. The molecule has 6 heteroatoms. The van der Waals surface area contributed by atoms with Gasteiger partial charge >= 0.3 is 0 Å². The highest BCUT2D eigenvalue weighted by atomic mass is 16.6. The van der Waals surface area contributed by atoms with E-state index >= 15 is 0 Å². The molecule has 1 amide bonds. The highest BCUT2D eigenvalue weighted by Gasteiger charge is 2.01. The minimum absolute atomic E-state index is 0.0190. The Morgan fingerprint density at radius 1 is 1.36 bits per heavy atom. The van der Waals surface area contributed by atoms with E-state index in [2.05, 4.69) is 10.5 Å². The van der Waals surface area contributed by atoms with E-state index in [-0.39, 0.29) is 5.69 Å². The van der Waals surface area contributed by atoms with Crippen molar-refractivity contribution in [3.8, 4) is 0 Å². The van der Waals surface area contributed by atoms with Gasteiger partial charge in [0.15, 0.2) is 0 Å². The molecule has 1 rings (SSSR count). The number of benzene rings is 1. The maximum absolute atomic E-state index is 10.3. The van der Waals surface area contributed by atoms with Crippen molar-refractivity contribution in [3.63, 3.8) is 0 Å². The number of hydrogen-bond acceptors (Lipinski definition) is 4. The highest BCUT2D eigenvalue weighted by molar-refractivity contribution is 5.80. The first-order valence-corrected chi connectivity index (χ1v) is 3.70. The van der Waals surface area contributed by atoms with Crippen LogP contribution in [0.2, 0.25) is 0 Å². The Bertz CT molecular complexity index is 359. The molecule has 72 valence electrons. The van der Waals surface area contributed by atoms with Crippen LogP contribution in [0.15, 0.2) is 29.4 Å². The molecule has 0 aliphatic carbocycles. The molecule has 0 radical (unpaired) electrons. The number of amides is 1. The Balaban J connectivity index is 2.73. The first kappa shape index (κ1) is 9.85. The summed E-state index contributed by atoms with van der Waals surface area (Å²) in [4.78, 5) is 19.6. The zero-order valence-electron chi connectivity index (χ0n) is 7.08. The van der Waals surface area contributed by atoms with Gasteiger partial charge in [-0.05, 0) is 17.7 Å². The van der Waals surface area contributed by atoms with Crippen LogP contribution >= 0.6 is 0 Å². The van der Waals surface area contributed by atoms with Crippen molar-refractivity contribution < 1.29 is 9.72 Å². The van der Waals surface area contributed by atoms with Gasteiger partial charge in [-0.15, -0.1) is 0 Å². The number of rotatable bonds is 4. The number of carbonyl (C=O) groups is 1. The van der Waals surface area contributed by atoms with Crippen molar-refractivity contribution >= 4 is 18.3 Å². The predicted octanol–water partition coefficient (Wildman–Crippen LogP) is 0.675. The Morgan fingerprint density at radius 3 is 2.50 bits per heavy atom.